The van der Waals surface area contributed by atoms with Crippen molar-refractivity contribution < 1.29 is 23.5 Å². The number of hydrogen-bond acceptors (Lipinski definition) is 6. The molecule has 216 valence electrons. The lowest BCUT2D eigenvalue weighted by Crippen LogP contribution is -2.58. The molecule has 3 atom stereocenters. The molecule has 0 N–H and O–H groups in total. The van der Waals surface area contributed by atoms with Gasteiger partial charge < -0.3 is 14.4 Å². The second-order valence-corrected chi connectivity index (χ2v) is 20.3. The lowest BCUT2D eigenvalue weighted by Gasteiger charge is -2.48. The Morgan fingerprint density at radius 2 is 1.90 bits per heavy atom. The Balaban J connectivity index is 2.77. The summed E-state index contributed by atoms with van der Waals surface area (Å²) in [5, 5.41) is 0.130. The third-order valence-electron chi connectivity index (χ3n) is 6.48. The molecule has 0 radical (unpaired) electrons. The smallest absolute Gasteiger partial charge is 0.418 e. The van der Waals surface area contributed by atoms with Crippen LogP contribution in [0.5, 0.6) is 0 Å². The molecular formula is C28H41BrFN3O4SSi. The Morgan fingerprint density at radius 3 is 2.41 bits per heavy atom. The molecule has 0 saturated carbocycles. The van der Waals surface area contributed by atoms with Crippen LogP contribution in [0.2, 0.25) is 25.7 Å². The van der Waals surface area contributed by atoms with Crippen molar-refractivity contribution in [1.29, 1.82) is 0 Å². The summed E-state index contributed by atoms with van der Waals surface area (Å²) < 4.78 is 26.5. The van der Waals surface area contributed by atoms with Crippen molar-refractivity contribution >= 4 is 52.9 Å². The summed E-state index contributed by atoms with van der Waals surface area (Å²) in [5.41, 5.74) is -2.28. The lowest BCUT2D eigenvalue weighted by molar-refractivity contribution is -0.132. The van der Waals surface area contributed by atoms with Gasteiger partial charge in [-0.05, 0) is 51.9 Å². The highest BCUT2D eigenvalue weighted by Gasteiger charge is 2.57. The maximum Gasteiger partial charge on any atom is 0.418 e. The minimum Gasteiger partial charge on any atom is -0.443 e. The van der Waals surface area contributed by atoms with Gasteiger partial charge >= 0.3 is 6.09 Å². The molecule has 0 aromatic heterocycles. The molecule has 1 aromatic rings. The van der Waals surface area contributed by atoms with E-state index in [9.17, 15) is 9.59 Å². The number of aliphatic imine (C=N–C) groups is 1. The summed E-state index contributed by atoms with van der Waals surface area (Å²) in [6.45, 7) is 15.8. The van der Waals surface area contributed by atoms with E-state index in [1.165, 1.54) is 15.9 Å². The number of halogens is 2. The fourth-order valence-electron chi connectivity index (χ4n) is 4.09. The van der Waals surface area contributed by atoms with E-state index in [2.05, 4.69) is 41.5 Å². The van der Waals surface area contributed by atoms with Crippen molar-refractivity contribution in [3.05, 3.63) is 34.1 Å². The molecule has 0 fully saturated rings. The lowest BCUT2D eigenvalue weighted by atomic mass is 9.72. The van der Waals surface area contributed by atoms with E-state index >= 15 is 4.39 Å². The molecule has 0 spiro atoms. The molecule has 1 aliphatic heterocycles. The molecule has 1 aromatic carbocycles. The topological polar surface area (TPSA) is 71.4 Å². The first-order chi connectivity index (χ1) is 17.8. The second-order valence-electron chi connectivity index (χ2n) is 12.3. The minimum atomic E-state index is -1.60. The van der Waals surface area contributed by atoms with Gasteiger partial charge in [0, 0.05) is 44.7 Å². The first kappa shape index (κ1) is 33.3. The Labute approximate surface area is 246 Å². The van der Waals surface area contributed by atoms with Gasteiger partial charge in [-0.2, -0.15) is 0 Å². The maximum atomic E-state index is 15.4. The number of amides is 2. The largest absolute Gasteiger partial charge is 0.443 e. The standard InChI is InChI=1S/C28H41BrFN3O4SSi/c1-12-28(21-17-20(29)13-14-22(21)30)19(2)27(6,23(34)32(7)8)38-24(31-28)33(25(35)37-26(3,4)5)18-36-15-16-39(9,10)11/h1,13-14,17,19H,15-16,18H2,2-11H3/t19-,27+,28+/m1/s1. The number of carbonyl (C=O) groups is 2. The van der Waals surface area contributed by atoms with Crippen molar-refractivity contribution in [2.45, 2.75) is 76.2 Å². The van der Waals surface area contributed by atoms with Crippen LogP contribution in [0.4, 0.5) is 9.18 Å². The first-order valence-corrected chi connectivity index (χ1v) is 18.1. The van der Waals surface area contributed by atoms with Gasteiger partial charge in [0.15, 0.2) is 10.7 Å². The van der Waals surface area contributed by atoms with E-state index < -0.39 is 41.8 Å². The second kappa shape index (κ2) is 12.3. The molecule has 0 saturated heterocycles. The summed E-state index contributed by atoms with van der Waals surface area (Å²) >= 11 is 4.52. The van der Waals surface area contributed by atoms with Crippen LogP contribution in [-0.2, 0) is 19.8 Å². The van der Waals surface area contributed by atoms with Gasteiger partial charge in [-0.3, -0.25) is 4.79 Å². The number of rotatable bonds is 7. The van der Waals surface area contributed by atoms with E-state index in [0.717, 1.165) is 17.8 Å². The van der Waals surface area contributed by atoms with Crippen LogP contribution in [0.3, 0.4) is 0 Å². The van der Waals surface area contributed by atoms with Gasteiger partial charge in [-0.1, -0.05) is 60.2 Å². The molecule has 1 heterocycles. The van der Waals surface area contributed by atoms with Crippen LogP contribution >= 0.6 is 27.7 Å². The number of carbonyl (C=O) groups excluding carboxylic acids is 2. The average Bonchev–Trinajstić information content (AvgIpc) is 2.80. The van der Waals surface area contributed by atoms with E-state index in [-0.39, 0.29) is 23.4 Å². The molecule has 39 heavy (non-hydrogen) atoms. The van der Waals surface area contributed by atoms with Gasteiger partial charge in [0.1, 0.15) is 22.9 Å². The summed E-state index contributed by atoms with van der Waals surface area (Å²) in [6.07, 6.45) is 5.45. The summed E-state index contributed by atoms with van der Waals surface area (Å²) in [7, 11) is 1.90. The van der Waals surface area contributed by atoms with Gasteiger partial charge in [0.25, 0.3) is 0 Å². The number of benzene rings is 1. The van der Waals surface area contributed by atoms with E-state index in [4.69, 9.17) is 20.9 Å². The third-order valence-corrected chi connectivity index (χ3v) is 10.1. The molecule has 0 aliphatic carbocycles. The normalized spacial score (nSPS) is 23.5. The molecule has 2 rings (SSSR count). The van der Waals surface area contributed by atoms with Crippen LogP contribution in [0, 0.1) is 24.1 Å². The van der Waals surface area contributed by atoms with E-state index in [1.54, 1.807) is 60.8 Å². The Morgan fingerprint density at radius 1 is 1.28 bits per heavy atom. The molecular weight excluding hydrogens is 601 g/mol. The number of amidine groups is 1. The van der Waals surface area contributed by atoms with Gasteiger partial charge in [-0.25, -0.2) is 19.1 Å². The molecule has 2 amide bonds. The van der Waals surface area contributed by atoms with Crippen LogP contribution in [0.25, 0.3) is 0 Å². The SMILES string of the molecule is C#C[C@]1(c2cc(Br)ccc2F)N=C(N(COCC[Si](C)(C)C)C(=O)OC(C)(C)C)S[C@](C)(C(=O)N(C)C)[C@H]1C. The van der Waals surface area contributed by atoms with Crippen LogP contribution in [0.15, 0.2) is 27.7 Å². The summed E-state index contributed by atoms with van der Waals surface area (Å²) in [6, 6.07) is 5.34. The van der Waals surface area contributed by atoms with E-state index in [1.807, 2.05) is 0 Å². The van der Waals surface area contributed by atoms with Crippen molar-refractivity contribution in [2.24, 2.45) is 10.9 Å². The molecule has 1 aliphatic rings. The minimum absolute atomic E-state index is 0.130. The molecule has 7 nitrogen and oxygen atoms in total. The predicted molar refractivity (Wildman–Crippen MR) is 163 cm³/mol. The number of hydrogen-bond donors (Lipinski definition) is 0. The van der Waals surface area contributed by atoms with Crippen molar-refractivity contribution in [1.82, 2.24) is 9.80 Å². The van der Waals surface area contributed by atoms with Gasteiger partial charge in [-0.15, -0.1) is 6.42 Å². The van der Waals surface area contributed by atoms with Crippen molar-refractivity contribution in [3.8, 4) is 12.3 Å². The van der Waals surface area contributed by atoms with Gasteiger partial charge in [0.2, 0.25) is 5.91 Å². The Hall–Kier alpha value is -1.87. The van der Waals surface area contributed by atoms with Crippen LogP contribution < -0.4 is 0 Å². The zero-order valence-electron chi connectivity index (χ0n) is 24.6. The highest BCUT2D eigenvalue weighted by Crippen LogP contribution is 2.52. The number of terminal acetylenes is 1. The predicted octanol–water partition coefficient (Wildman–Crippen LogP) is 6.55. The highest BCUT2D eigenvalue weighted by atomic mass is 79.9. The zero-order chi connectivity index (χ0) is 30.0. The maximum absolute atomic E-state index is 15.4. The highest BCUT2D eigenvalue weighted by molar-refractivity contribution is 9.10. The molecule has 0 bridgehead atoms. The number of ether oxygens (including phenoxy) is 2. The monoisotopic (exact) mass is 641 g/mol. The van der Waals surface area contributed by atoms with Crippen LogP contribution in [-0.4, -0.2) is 72.8 Å². The fraction of sp³-hybridized carbons (Fsp3) is 0.607. The first-order valence-electron chi connectivity index (χ1n) is 12.8. The molecule has 0 unspecified atom stereocenters. The van der Waals surface area contributed by atoms with Crippen LogP contribution in [0.1, 0.15) is 40.2 Å². The number of nitrogens with zero attached hydrogens (tertiary/aromatic N) is 3. The number of thioether (sulfide) groups is 1. The zero-order valence-corrected chi connectivity index (χ0v) is 28.0. The summed E-state index contributed by atoms with van der Waals surface area (Å²) in [4.78, 5) is 34.8. The Kier molecular flexibility index (Phi) is 10.5. The third kappa shape index (κ3) is 7.87. The van der Waals surface area contributed by atoms with Crippen molar-refractivity contribution in [2.75, 3.05) is 27.4 Å². The quantitative estimate of drug-likeness (QED) is 0.146. The average molecular weight is 643 g/mol. The van der Waals surface area contributed by atoms with Crippen molar-refractivity contribution in [3.63, 3.8) is 0 Å². The van der Waals surface area contributed by atoms with E-state index in [0.29, 0.717) is 11.1 Å². The summed E-state index contributed by atoms with van der Waals surface area (Å²) in [5.74, 6) is 1.25. The Bertz CT molecular complexity index is 1160. The molecule has 11 heteroatoms. The van der Waals surface area contributed by atoms with Gasteiger partial charge in [0.05, 0.1) is 0 Å². The fourth-order valence-corrected chi connectivity index (χ4v) is 6.63.